The number of ether oxygens (including phenoxy) is 1. The number of aromatic nitrogens is 1. The average Bonchev–Trinajstić information content (AvgIpc) is 2.95. The number of carbonyl (C=O) groups excluding carboxylic acids is 1. The molecule has 1 aromatic carbocycles. The Morgan fingerprint density at radius 3 is 2.78 bits per heavy atom. The van der Waals surface area contributed by atoms with E-state index in [4.69, 9.17) is 9.26 Å². The van der Waals surface area contributed by atoms with Crippen molar-refractivity contribution in [3.63, 3.8) is 0 Å². The van der Waals surface area contributed by atoms with Crippen molar-refractivity contribution in [2.45, 2.75) is 32.5 Å². The van der Waals surface area contributed by atoms with E-state index in [-0.39, 0.29) is 11.9 Å². The van der Waals surface area contributed by atoms with E-state index < -0.39 is 0 Å². The molecule has 1 amide bonds. The van der Waals surface area contributed by atoms with Crippen LogP contribution >= 0.6 is 0 Å². The molecule has 1 saturated heterocycles. The van der Waals surface area contributed by atoms with Gasteiger partial charge in [0.05, 0.1) is 19.7 Å². The van der Waals surface area contributed by atoms with Crippen molar-refractivity contribution in [3.05, 3.63) is 47.3 Å². The summed E-state index contributed by atoms with van der Waals surface area (Å²) in [5.41, 5.74) is 1.92. The fourth-order valence-electron chi connectivity index (χ4n) is 2.69. The lowest BCUT2D eigenvalue weighted by Crippen LogP contribution is -2.55. The number of benzene rings is 1. The number of likely N-dealkylation sites (tertiary alicyclic amines) is 1. The molecule has 0 unspecified atom stereocenters. The Kier molecular flexibility index (Phi) is 4.62. The van der Waals surface area contributed by atoms with Crippen molar-refractivity contribution in [1.82, 2.24) is 15.4 Å². The van der Waals surface area contributed by atoms with Crippen LogP contribution in [-0.4, -0.2) is 35.7 Å². The summed E-state index contributed by atoms with van der Waals surface area (Å²) in [5.74, 6) is 1.64. The summed E-state index contributed by atoms with van der Waals surface area (Å²) in [6, 6.07) is 9.71. The number of hydrogen-bond acceptors (Lipinski definition) is 5. The Morgan fingerprint density at radius 2 is 2.22 bits per heavy atom. The van der Waals surface area contributed by atoms with Gasteiger partial charge in [-0.3, -0.25) is 9.69 Å². The van der Waals surface area contributed by atoms with Gasteiger partial charge in [-0.15, -0.1) is 0 Å². The first kappa shape index (κ1) is 15.6. The molecule has 1 atom stereocenters. The summed E-state index contributed by atoms with van der Waals surface area (Å²) < 4.78 is 10.2. The van der Waals surface area contributed by atoms with Crippen molar-refractivity contribution in [3.8, 4) is 5.75 Å². The standard InChI is InChI=1S/C17H21N3O3/c1-12-9-14(19-23-12)10-18-17(21)16-7-8-20(16)11-13-3-5-15(22-2)6-4-13/h3-6,9,16H,7-8,10-11H2,1-2H3,(H,18,21)/t16-/m0/s1. The van der Waals surface area contributed by atoms with Crippen LogP contribution < -0.4 is 10.1 Å². The van der Waals surface area contributed by atoms with E-state index in [1.54, 1.807) is 7.11 Å². The van der Waals surface area contributed by atoms with Gasteiger partial charge in [-0.25, -0.2) is 0 Å². The summed E-state index contributed by atoms with van der Waals surface area (Å²) in [5, 5.41) is 6.80. The van der Waals surface area contributed by atoms with Gasteiger partial charge in [0, 0.05) is 19.2 Å². The Balaban J connectivity index is 1.50. The molecule has 1 aliphatic heterocycles. The number of methoxy groups -OCH3 is 1. The third kappa shape index (κ3) is 3.71. The van der Waals surface area contributed by atoms with Gasteiger partial charge in [0.2, 0.25) is 5.91 Å². The average molecular weight is 315 g/mol. The van der Waals surface area contributed by atoms with Gasteiger partial charge in [0.15, 0.2) is 0 Å². The minimum absolute atomic E-state index is 0.0467. The minimum atomic E-state index is -0.0647. The van der Waals surface area contributed by atoms with Gasteiger partial charge in [-0.05, 0) is 31.0 Å². The van der Waals surface area contributed by atoms with Gasteiger partial charge >= 0.3 is 0 Å². The molecule has 0 spiro atoms. The highest BCUT2D eigenvalue weighted by molar-refractivity contribution is 5.82. The molecule has 23 heavy (non-hydrogen) atoms. The molecule has 0 saturated carbocycles. The summed E-state index contributed by atoms with van der Waals surface area (Å²) in [6.45, 7) is 3.95. The Morgan fingerprint density at radius 1 is 1.43 bits per heavy atom. The molecular weight excluding hydrogens is 294 g/mol. The molecule has 0 radical (unpaired) electrons. The zero-order valence-corrected chi connectivity index (χ0v) is 13.4. The highest BCUT2D eigenvalue weighted by atomic mass is 16.5. The number of amides is 1. The Hall–Kier alpha value is -2.34. The number of hydrogen-bond donors (Lipinski definition) is 1. The van der Waals surface area contributed by atoms with Crippen molar-refractivity contribution < 1.29 is 14.1 Å². The van der Waals surface area contributed by atoms with Gasteiger partial charge in [-0.2, -0.15) is 0 Å². The molecule has 0 bridgehead atoms. The summed E-state index contributed by atoms with van der Waals surface area (Å²) >= 11 is 0. The maximum absolute atomic E-state index is 12.3. The van der Waals surface area contributed by atoms with E-state index in [1.807, 2.05) is 37.3 Å². The lowest BCUT2D eigenvalue weighted by molar-refractivity contribution is -0.131. The Bertz CT molecular complexity index is 666. The summed E-state index contributed by atoms with van der Waals surface area (Å²) in [4.78, 5) is 14.4. The molecule has 1 aromatic heterocycles. The van der Waals surface area contributed by atoms with Crippen LogP contribution in [0.1, 0.15) is 23.4 Å². The number of rotatable bonds is 6. The number of nitrogens with one attached hydrogen (secondary N) is 1. The molecule has 3 rings (SSSR count). The van der Waals surface area contributed by atoms with E-state index in [1.165, 1.54) is 5.56 Å². The van der Waals surface area contributed by atoms with Crippen molar-refractivity contribution in [2.24, 2.45) is 0 Å². The summed E-state index contributed by atoms with van der Waals surface area (Å²) in [7, 11) is 1.65. The first-order valence-electron chi connectivity index (χ1n) is 7.72. The van der Waals surface area contributed by atoms with Crippen LogP contribution in [0.2, 0.25) is 0 Å². The fraction of sp³-hybridized carbons (Fsp3) is 0.412. The molecular formula is C17H21N3O3. The molecule has 122 valence electrons. The second-order valence-electron chi connectivity index (χ2n) is 5.77. The molecule has 1 N–H and O–H groups in total. The quantitative estimate of drug-likeness (QED) is 0.881. The van der Waals surface area contributed by atoms with E-state index in [0.717, 1.165) is 36.7 Å². The highest BCUT2D eigenvalue weighted by Gasteiger charge is 2.33. The van der Waals surface area contributed by atoms with E-state index in [9.17, 15) is 4.79 Å². The predicted octanol–water partition coefficient (Wildman–Crippen LogP) is 1.88. The molecule has 2 heterocycles. The molecule has 6 heteroatoms. The fourth-order valence-corrected chi connectivity index (χ4v) is 2.69. The van der Waals surface area contributed by atoms with Crippen LogP contribution in [0.25, 0.3) is 0 Å². The SMILES string of the molecule is COc1ccc(CN2CC[C@H]2C(=O)NCc2cc(C)on2)cc1. The Labute approximate surface area is 135 Å². The van der Waals surface area contributed by atoms with E-state index >= 15 is 0 Å². The highest BCUT2D eigenvalue weighted by Crippen LogP contribution is 2.22. The third-order valence-corrected chi connectivity index (χ3v) is 4.10. The predicted molar refractivity (Wildman–Crippen MR) is 84.9 cm³/mol. The van der Waals surface area contributed by atoms with E-state index in [2.05, 4.69) is 15.4 Å². The normalized spacial score (nSPS) is 17.6. The molecule has 6 nitrogen and oxygen atoms in total. The zero-order chi connectivity index (χ0) is 16.2. The smallest absolute Gasteiger partial charge is 0.237 e. The van der Waals surface area contributed by atoms with Gasteiger partial charge in [-0.1, -0.05) is 17.3 Å². The van der Waals surface area contributed by atoms with Crippen LogP contribution in [0.4, 0.5) is 0 Å². The second kappa shape index (κ2) is 6.83. The first-order valence-corrected chi connectivity index (χ1v) is 7.72. The van der Waals surface area contributed by atoms with Gasteiger partial charge in [0.1, 0.15) is 17.2 Å². The van der Waals surface area contributed by atoms with Gasteiger partial charge in [0.25, 0.3) is 0 Å². The molecule has 1 aliphatic rings. The maximum atomic E-state index is 12.3. The zero-order valence-electron chi connectivity index (χ0n) is 13.4. The minimum Gasteiger partial charge on any atom is -0.497 e. The van der Waals surface area contributed by atoms with Crippen molar-refractivity contribution in [2.75, 3.05) is 13.7 Å². The summed E-state index contributed by atoms with van der Waals surface area (Å²) in [6.07, 6.45) is 0.889. The maximum Gasteiger partial charge on any atom is 0.237 e. The monoisotopic (exact) mass is 315 g/mol. The number of nitrogens with zero attached hydrogens (tertiary/aromatic N) is 2. The van der Waals surface area contributed by atoms with Crippen LogP contribution in [0.15, 0.2) is 34.9 Å². The lowest BCUT2D eigenvalue weighted by atomic mass is 10.0. The lowest BCUT2D eigenvalue weighted by Gasteiger charge is -2.39. The van der Waals surface area contributed by atoms with E-state index in [0.29, 0.717) is 6.54 Å². The van der Waals surface area contributed by atoms with Crippen LogP contribution in [0, 0.1) is 6.92 Å². The third-order valence-electron chi connectivity index (χ3n) is 4.10. The van der Waals surface area contributed by atoms with Crippen molar-refractivity contribution in [1.29, 1.82) is 0 Å². The number of aryl methyl sites for hydroxylation is 1. The van der Waals surface area contributed by atoms with Crippen molar-refractivity contribution >= 4 is 5.91 Å². The van der Waals surface area contributed by atoms with Crippen LogP contribution in [0.3, 0.4) is 0 Å². The molecule has 1 fully saturated rings. The van der Waals surface area contributed by atoms with Crippen LogP contribution in [0.5, 0.6) is 5.75 Å². The number of carbonyl (C=O) groups is 1. The first-order chi connectivity index (χ1) is 11.2. The largest absolute Gasteiger partial charge is 0.497 e. The second-order valence-corrected chi connectivity index (χ2v) is 5.77. The van der Waals surface area contributed by atoms with Gasteiger partial charge < -0.3 is 14.6 Å². The topological polar surface area (TPSA) is 67.6 Å². The molecule has 0 aliphatic carbocycles. The molecule has 2 aromatic rings. The van der Waals surface area contributed by atoms with Crippen LogP contribution in [-0.2, 0) is 17.9 Å².